The number of hydrogen-bond acceptors (Lipinski definition) is 5. The van der Waals surface area contributed by atoms with E-state index in [0.29, 0.717) is 19.0 Å². The summed E-state index contributed by atoms with van der Waals surface area (Å²) >= 11 is -1.62. The molecule has 2 atom stereocenters. The molecule has 1 aliphatic rings. The molecular weight excluding hydrogens is 232 g/mol. The first-order valence-electron chi connectivity index (χ1n) is 4.77. The zero-order valence-electron chi connectivity index (χ0n) is 8.75. The van der Waals surface area contributed by atoms with E-state index in [1.54, 1.807) is 31.4 Å². The lowest BCUT2D eigenvalue weighted by Gasteiger charge is -2.09. The zero-order valence-corrected chi connectivity index (χ0v) is 9.57. The van der Waals surface area contributed by atoms with Crippen LogP contribution in [0.2, 0.25) is 0 Å². The molecule has 0 unspecified atom stereocenters. The van der Waals surface area contributed by atoms with E-state index in [9.17, 15) is 4.21 Å². The molecular formula is C10H12O5S. The van der Waals surface area contributed by atoms with Gasteiger partial charge in [0.05, 0.1) is 13.7 Å². The molecule has 0 saturated carbocycles. The average molecular weight is 244 g/mol. The Morgan fingerprint density at radius 2 is 2.06 bits per heavy atom. The molecule has 0 amide bonds. The third-order valence-corrected chi connectivity index (χ3v) is 2.82. The number of benzene rings is 1. The van der Waals surface area contributed by atoms with Crippen LogP contribution in [0.4, 0.5) is 0 Å². The Morgan fingerprint density at radius 1 is 1.38 bits per heavy atom. The maximum absolute atomic E-state index is 10.7. The van der Waals surface area contributed by atoms with Crippen molar-refractivity contribution in [1.82, 2.24) is 0 Å². The van der Waals surface area contributed by atoms with Crippen molar-refractivity contribution in [3.63, 3.8) is 0 Å². The van der Waals surface area contributed by atoms with Gasteiger partial charge < -0.3 is 9.47 Å². The van der Waals surface area contributed by atoms with Crippen molar-refractivity contribution >= 4 is 11.4 Å². The van der Waals surface area contributed by atoms with Crippen LogP contribution in [0.3, 0.4) is 0 Å². The maximum Gasteiger partial charge on any atom is 0.305 e. The highest BCUT2D eigenvalue weighted by atomic mass is 32.2. The number of hydrogen-bond donors (Lipinski definition) is 0. The molecule has 16 heavy (non-hydrogen) atoms. The molecule has 0 spiro atoms. The van der Waals surface area contributed by atoms with E-state index in [2.05, 4.69) is 0 Å². The van der Waals surface area contributed by atoms with Crippen LogP contribution in [0.15, 0.2) is 24.3 Å². The first-order valence-corrected chi connectivity index (χ1v) is 5.77. The summed E-state index contributed by atoms with van der Waals surface area (Å²) < 4.78 is 30.9. The predicted octanol–water partition coefficient (Wildman–Crippen LogP) is 1.07. The fraction of sp³-hybridized carbons (Fsp3) is 0.400. The Morgan fingerprint density at radius 3 is 2.62 bits per heavy atom. The first kappa shape index (κ1) is 11.4. The van der Waals surface area contributed by atoms with Crippen LogP contribution in [0.1, 0.15) is 0 Å². The minimum Gasteiger partial charge on any atom is -0.497 e. The summed E-state index contributed by atoms with van der Waals surface area (Å²) in [5.74, 6) is 1.48. The van der Waals surface area contributed by atoms with Crippen LogP contribution in [0.25, 0.3) is 0 Å². The maximum atomic E-state index is 10.7. The topological polar surface area (TPSA) is 54.0 Å². The second-order valence-corrected chi connectivity index (χ2v) is 4.03. The lowest BCUT2D eigenvalue weighted by atomic mass is 10.3. The van der Waals surface area contributed by atoms with Gasteiger partial charge in [0, 0.05) is 0 Å². The summed E-state index contributed by atoms with van der Waals surface area (Å²) in [7, 11) is 1.61. The first-order chi connectivity index (χ1) is 7.78. The highest BCUT2D eigenvalue weighted by molar-refractivity contribution is 7.75. The number of rotatable bonds is 4. The molecule has 2 rings (SSSR count). The van der Waals surface area contributed by atoms with Gasteiger partial charge in [0.2, 0.25) is 0 Å². The molecule has 5 nitrogen and oxygen atoms in total. The number of ether oxygens (including phenoxy) is 2. The Balaban J connectivity index is 1.82. The Kier molecular flexibility index (Phi) is 3.76. The van der Waals surface area contributed by atoms with E-state index in [1.807, 2.05) is 0 Å². The summed E-state index contributed by atoms with van der Waals surface area (Å²) in [6.07, 6.45) is -0.275. The summed E-state index contributed by atoms with van der Waals surface area (Å²) in [5, 5.41) is 0. The fourth-order valence-corrected chi connectivity index (χ4v) is 1.89. The molecule has 0 bridgehead atoms. The van der Waals surface area contributed by atoms with Gasteiger partial charge in [0.25, 0.3) is 0 Å². The molecule has 6 heteroatoms. The van der Waals surface area contributed by atoms with Gasteiger partial charge in [-0.05, 0) is 24.3 Å². The second kappa shape index (κ2) is 5.29. The SMILES string of the molecule is COc1ccc(OC[C@H]2CO[S@](=O)O2)cc1. The van der Waals surface area contributed by atoms with Gasteiger partial charge in [-0.1, -0.05) is 0 Å². The molecule has 0 aromatic heterocycles. The van der Waals surface area contributed by atoms with Crippen molar-refractivity contribution < 1.29 is 22.0 Å². The highest BCUT2D eigenvalue weighted by Crippen LogP contribution is 2.18. The van der Waals surface area contributed by atoms with Crippen LogP contribution < -0.4 is 9.47 Å². The summed E-state index contributed by atoms with van der Waals surface area (Å²) in [4.78, 5) is 0. The molecule has 0 aliphatic carbocycles. The van der Waals surface area contributed by atoms with E-state index >= 15 is 0 Å². The standard InChI is InChI=1S/C10H12O5S/c1-12-8-2-4-9(5-3-8)13-6-10-7-14-16(11)15-10/h2-5,10H,6-7H2,1H3/t10-,16-/m0/s1. The van der Waals surface area contributed by atoms with Crippen LogP contribution in [0.5, 0.6) is 11.5 Å². The Bertz CT molecular complexity index is 364. The van der Waals surface area contributed by atoms with Crippen molar-refractivity contribution in [2.45, 2.75) is 6.10 Å². The van der Waals surface area contributed by atoms with Crippen LogP contribution in [-0.4, -0.2) is 30.6 Å². The molecule has 1 heterocycles. The Hall–Kier alpha value is -1.11. The van der Waals surface area contributed by atoms with Crippen molar-refractivity contribution in [3.05, 3.63) is 24.3 Å². The quantitative estimate of drug-likeness (QED) is 0.793. The van der Waals surface area contributed by atoms with Gasteiger partial charge in [0.1, 0.15) is 24.2 Å². The van der Waals surface area contributed by atoms with Gasteiger partial charge in [-0.15, -0.1) is 0 Å². The third kappa shape index (κ3) is 2.94. The lowest BCUT2D eigenvalue weighted by molar-refractivity contribution is 0.151. The van der Waals surface area contributed by atoms with Crippen molar-refractivity contribution in [2.24, 2.45) is 0 Å². The van der Waals surface area contributed by atoms with Gasteiger partial charge in [0.15, 0.2) is 0 Å². The monoisotopic (exact) mass is 244 g/mol. The number of methoxy groups -OCH3 is 1. The molecule has 0 radical (unpaired) electrons. The smallest absolute Gasteiger partial charge is 0.305 e. The van der Waals surface area contributed by atoms with E-state index in [-0.39, 0.29) is 6.10 Å². The van der Waals surface area contributed by atoms with Crippen molar-refractivity contribution in [3.8, 4) is 11.5 Å². The molecule has 1 aromatic rings. The van der Waals surface area contributed by atoms with E-state index in [1.165, 1.54) is 0 Å². The molecule has 0 N–H and O–H groups in total. The van der Waals surface area contributed by atoms with Crippen LogP contribution >= 0.6 is 0 Å². The summed E-state index contributed by atoms with van der Waals surface area (Å²) in [6, 6.07) is 7.20. The normalized spacial score (nSPS) is 24.3. The van der Waals surface area contributed by atoms with Crippen LogP contribution in [-0.2, 0) is 19.7 Å². The van der Waals surface area contributed by atoms with Crippen LogP contribution in [0, 0.1) is 0 Å². The minimum absolute atomic E-state index is 0.275. The summed E-state index contributed by atoms with van der Waals surface area (Å²) in [5.41, 5.74) is 0. The van der Waals surface area contributed by atoms with Gasteiger partial charge >= 0.3 is 11.4 Å². The largest absolute Gasteiger partial charge is 0.497 e. The third-order valence-electron chi connectivity index (χ3n) is 2.06. The molecule has 1 saturated heterocycles. The van der Waals surface area contributed by atoms with E-state index in [0.717, 1.165) is 5.75 Å². The fourth-order valence-electron chi connectivity index (χ4n) is 1.24. The van der Waals surface area contributed by atoms with Gasteiger partial charge in [-0.3, -0.25) is 8.37 Å². The van der Waals surface area contributed by atoms with Gasteiger partial charge in [-0.2, -0.15) is 4.21 Å². The molecule has 1 aromatic carbocycles. The molecule has 1 fully saturated rings. The van der Waals surface area contributed by atoms with Crippen molar-refractivity contribution in [2.75, 3.05) is 20.3 Å². The average Bonchev–Trinajstić information content (AvgIpc) is 2.73. The van der Waals surface area contributed by atoms with E-state index in [4.69, 9.17) is 17.8 Å². The Labute approximate surface area is 96.1 Å². The molecule has 88 valence electrons. The minimum atomic E-state index is -1.62. The predicted molar refractivity (Wildman–Crippen MR) is 57.5 cm³/mol. The van der Waals surface area contributed by atoms with Gasteiger partial charge in [-0.25, -0.2) is 0 Å². The van der Waals surface area contributed by atoms with E-state index < -0.39 is 11.4 Å². The second-order valence-electron chi connectivity index (χ2n) is 3.19. The zero-order chi connectivity index (χ0) is 11.4. The molecule has 1 aliphatic heterocycles. The van der Waals surface area contributed by atoms with Crippen molar-refractivity contribution in [1.29, 1.82) is 0 Å². The lowest BCUT2D eigenvalue weighted by Crippen LogP contribution is -2.19. The highest BCUT2D eigenvalue weighted by Gasteiger charge is 2.23. The summed E-state index contributed by atoms with van der Waals surface area (Å²) in [6.45, 7) is 0.612.